The summed E-state index contributed by atoms with van der Waals surface area (Å²) in [6, 6.07) is 26.6. The van der Waals surface area contributed by atoms with Crippen LogP contribution in [0.2, 0.25) is 0 Å². The molecule has 0 atom stereocenters. The Morgan fingerprint density at radius 1 is 0.871 bits per heavy atom. The van der Waals surface area contributed by atoms with Crippen LogP contribution in [0.15, 0.2) is 101 Å². The summed E-state index contributed by atoms with van der Waals surface area (Å²) in [6.45, 7) is 1.89. The van der Waals surface area contributed by atoms with E-state index in [-0.39, 0.29) is 17.4 Å². The van der Waals surface area contributed by atoms with Crippen LogP contribution >= 0.6 is 0 Å². The zero-order valence-electron chi connectivity index (χ0n) is 17.1. The van der Waals surface area contributed by atoms with Gasteiger partial charge in [0.2, 0.25) is 5.89 Å². The van der Waals surface area contributed by atoms with Crippen LogP contribution in [0, 0.1) is 6.92 Å². The van der Waals surface area contributed by atoms with E-state index in [1.165, 1.54) is 0 Å². The van der Waals surface area contributed by atoms with E-state index in [1.54, 1.807) is 30.5 Å². The minimum atomic E-state index is -3.80. The molecule has 158 valence electrons. The van der Waals surface area contributed by atoms with Crippen LogP contribution in [0.4, 0.5) is 0 Å². The lowest BCUT2D eigenvalue weighted by atomic mass is 9.91. The maximum absolute atomic E-state index is 12.4. The molecule has 5 nitrogen and oxygen atoms in total. The molecule has 0 bridgehead atoms. The topological polar surface area (TPSA) is 69.4 Å². The molecule has 31 heavy (non-hydrogen) atoms. The molecule has 0 saturated heterocycles. The fourth-order valence-corrected chi connectivity index (χ4v) is 4.28. The van der Waals surface area contributed by atoms with Gasteiger partial charge in [-0.15, -0.1) is 0 Å². The van der Waals surface area contributed by atoms with E-state index in [0.717, 1.165) is 16.7 Å². The number of benzene rings is 3. The van der Waals surface area contributed by atoms with Crippen molar-refractivity contribution in [3.8, 4) is 0 Å². The zero-order chi connectivity index (χ0) is 21.7. The first kappa shape index (κ1) is 21.0. The normalized spacial score (nSPS) is 11.7. The van der Waals surface area contributed by atoms with Crippen LogP contribution in [-0.2, 0) is 20.7 Å². The molecule has 0 spiro atoms. The molecule has 4 rings (SSSR count). The molecule has 0 amide bonds. The van der Waals surface area contributed by atoms with Crippen LogP contribution in [-0.4, -0.2) is 20.0 Å². The summed E-state index contributed by atoms with van der Waals surface area (Å²) in [6.07, 6.45) is 1.89. The van der Waals surface area contributed by atoms with Gasteiger partial charge in [0, 0.05) is 6.42 Å². The molecular formula is C25H23NO4S. The summed E-state index contributed by atoms with van der Waals surface area (Å²) in [4.78, 5) is 4.77. The highest BCUT2D eigenvalue weighted by Crippen LogP contribution is 2.31. The van der Waals surface area contributed by atoms with Crippen molar-refractivity contribution in [2.45, 2.75) is 24.2 Å². The maximum atomic E-state index is 12.4. The minimum Gasteiger partial charge on any atom is -0.448 e. The van der Waals surface area contributed by atoms with E-state index in [0.29, 0.717) is 18.0 Å². The van der Waals surface area contributed by atoms with E-state index in [4.69, 9.17) is 8.60 Å². The molecule has 0 aliphatic carbocycles. The zero-order valence-corrected chi connectivity index (χ0v) is 18.0. The number of rotatable bonds is 8. The smallest absolute Gasteiger partial charge is 0.296 e. The van der Waals surface area contributed by atoms with Gasteiger partial charge in [0.05, 0.1) is 23.1 Å². The molecule has 0 fully saturated rings. The fourth-order valence-electron chi connectivity index (χ4n) is 3.37. The third kappa shape index (κ3) is 5.10. The number of hydrogen-bond acceptors (Lipinski definition) is 5. The lowest BCUT2D eigenvalue weighted by Crippen LogP contribution is -2.09. The van der Waals surface area contributed by atoms with Crippen LogP contribution in [0.3, 0.4) is 0 Å². The molecule has 0 aliphatic heterocycles. The number of aromatic nitrogens is 1. The van der Waals surface area contributed by atoms with Crippen LogP contribution < -0.4 is 0 Å². The molecule has 0 aliphatic rings. The number of oxazole rings is 1. The van der Waals surface area contributed by atoms with Gasteiger partial charge in [-0.3, -0.25) is 4.18 Å². The van der Waals surface area contributed by atoms with Gasteiger partial charge < -0.3 is 4.42 Å². The third-order valence-corrected chi connectivity index (χ3v) is 6.32. The predicted molar refractivity (Wildman–Crippen MR) is 118 cm³/mol. The minimum absolute atomic E-state index is 0.0104. The largest absolute Gasteiger partial charge is 0.448 e. The van der Waals surface area contributed by atoms with E-state index < -0.39 is 10.1 Å². The van der Waals surface area contributed by atoms with Crippen molar-refractivity contribution in [3.63, 3.8) is 0 Å². The summed E-state index contributed by atoms with van der Waals surface area (Å²) in [5.74, 6) is 0.419. The van der Waals surface area contributed by atoms with Crippen molar-refractivity contribution in [2.75, 3.05) is 6.61 Å². The molecule has 0 unspecified atom stereocenters. The Morgan fingerprint density at radius 3 is 2.03 bits per heavy atom. The highest BCUT2D eigenvalue weighted by atomic mass is 32.2. The molecule has 0 saturated carbocycles. The van der Waals surface area contributed by atoms with E-state index >= 15 is 0 Å². The second-order valence-electron chi connectivity index (χ2n) is 7.27. The average molecular weight is 434 g/mol. The Kier molecular flexibility index (Phi) is 6.30. The van der Waals surface area contributed by atoms with Crippen molar-refractivity contribution >= 4 is 10.1 Å². The van der Waals surface area contributed by atoms with Gasteiger partial charge in [0.1, 0.15) is 6.26 Å². The Balaban J connectivity index is 1.48. The molecule has 4 aromatic rings. The standard InChI is InChI=1S/C25H23NO4S/c1-19-12-14-23(15-13-19)31(27,28)30-17-16-22-18-29-25(26-22)24(20-8-4-2-5-9-20)21-10-6-3-7-11-21/h2-15,18,24H,16-17H2,1H3. The monoisotopic (exact) mass is 433 g/mol. The van der Waals surface area contributed by atoms with E-state index in [2.05, 4.69) is 4.98 Å². The van der Waals surface area contributed by atoms with E-state index in [1.807, 2.05) is 67.6 Å². The SMILES string of the molecule is Cc1ccc(S(=O)(=O)OCCc2coc(C(c3ccccc3)c3ccccc3)n2)cc1. The summed E-state index contributed by atoms with van der Waals surface area (Å²) < 4.78 is 35.7. The van der Waals surface area contributed by atoms with Gasteiger partial charge in [-0.25, -0.2) is 4.98 Å². The lowest BCUT2D eigenvalue weighted by Gasteiger charge is -2.14. The maximum Gasteiger partial charge on any atom is 0.296 e. The van der Waals surface area contributed by atoms with Gasteiger partial charge in [0.25, 0.3) is 10.1 Å². The third-order valence-electron chi connectivity index (χ3n) is 4.99. The lowest BCUT2D eigenvalue weighted by molar-refractivity contribution is 0.320. The first-order valence-corrected chi connectivity index (χ1v) is 11.4. The summed E-state index contributed by atoms with van der Waals surface area (Å²) in [5.41, 5.74) is 3.77. The summed E-state index contributed by atoms with van der Waals surface area (Å²) in [5, 5.41) is 0. The quantitative estimate of drug-likeness (QED) is 0.361. The van der Waals surface area contributed by atoms with E-state index in [9.17, 15) is 8.42 Å². The molecule has 6 heteroatoms. The van der Waals surface area contributed by atoms with Crippen molar-refractivity contribution in [3.05, 3.63) is 119 Å². The summed E-state index contributed by atoms with van der Waals surface area (Å²) >= 11 is 0. The van der Waals surface area contributed by atoms with Crippen LogP contribution in [0.1, 0.15) is 34.2 Å². The Hall–Kier alpha value is -3.22. The highest BCUT2D eigenvalue weighted by Gasteiger charge is 2.22. The Labute approximate surface area is 182 Å². The van der Waals surface area contributed by atoms with Gasteiger partial charge in [-0.1, -0.05) is 78.4 Å². The number of nitrogens with zero attached hydrogens (tertiary/aromatic N) is 1. The Morgan fingerprint density at radius 2 is 1.45 bits per heavy atom. The van der Waals surface area contributed by atoms with Crippen molar-refractivity contribution < 1.29 is 17.0 Å². The predicted octanol–water partition coefficient (Wildman–Crippen LogP) is 5.11. The van der Waals surface area contributed by atoms with Crippen LogP contribution in [0.5, 0.6) is 0 Å². The van der Waals surface area contributed by atoms with Crippen molar-refractivity contribution in [1.29, 1.82) is 0 Å². The fraction of sp³-hybridized carbons (Fsp3) is 0.160. The molecule has 1 aromatic heterocycles. The summed E-state index contributed by atoms with van der Waals surface area (Å²) in [7, 11) is -3.80. The average Bonchev–Trinajstić information content (AvgIpc) is 3.24. The second kappa shape index (κ2) is 9.29. The van der Waals surface area contributed by atoms with Gasteiger partial charge in [-0.2, -0.15) is 8.42 Å². The van der Waals surface area contributed by atoms with Crippen molar-refractivity contribution in [2.24, 2.45) is 0 Å². The first-order valence-electron chi connectivity index (χ1n) is 10.0. The number of aryl methyl sites for hydroxylation is 1. The number of hydrogen-bond donors (Lipinski definition) is 0. The van der Waals surface area contributed by atoms with Crippen LogP contribution in [0.25, 0.3) is 0 Å². The van der Waals surface area contributed by atoms with Gasteiger partial charge in [-0.05, 0) is 30.2 Å². The molecule has 0 radical (unpaired) electrons. The molecule has 3 aromatic carbocycles. The first-order chi connectivity index (χ1) is 15.0. The molecule has 0 N–H and O–H groups in total. The second-order valence-corrected chi connectivity index (χ2v) is 8.89. The van der Waals surface area contributed by atoms with Gasteiger partial charge in [0.15, 0.2) is 0 Å². The van der Waals surface area contributed by atoms with Gasteiger partial charge >= 0.3 is 0 Å². The highest BCUT2D eigenvalue weighted by molar-refractivity contribution is 7.86. The van der Waals surface area contributed by atoms with Crippen molar-refractivity contribution in [1.82, 2.24) is 4.98 Å². The molecular weight excluding hydrogens is 410 g/mol. The Bertz CT molecular complexity index is 1180. The molecule has 1 heterocycles.